The van der Waals surface area contributed by atoms with Gasteiger partial charge in [0.1, 0.15) is 4.88 Å². The Labute approximate surface area is 175 Å². The molecule has 3 heterocycles. The number of nitrogens with zero attached hydrogens (tertiary/aromatic N) is 3. The van der Waals surface area contributed by atoms with Crippen LogP contribution in [0.2, 0.25) is 0 Å². The average Bonchev–Trinajstić information content (AvgIpc) is 3.28. The van der Waals surface area contributed by atoms with E-state index in [1.54, 1.807) is 11.8 Å². The van der Waals surface area contributed by atoms with Crippen LogP contribution in [0.15, 0.2) is 45.3 Å². The molecule has 0 radical (unpaired) electrons. The summed E-state index contributed by atoms with van der Waals surface area (Å²) in [5, 5.41) is 7.45. The quantitative estimate of drug-likeness (QED) is 0.682. The summed E-state index contributed by atoms with van der Waals surface area (Å²) in [6.45, 7) is 5.09. The number of benzene rings is 1. The highest BCUT2D eigenvalue weighted by molar-refractivity contribution is 9.10. The van der Waals surface area contributed by atoms with Crippen molar-refractivity contribution in [2.45, 2.75) is 32.3 Å². The number of thiophene rings is 1. The zero-order valence-electron chi connectivity index (χ0n) is 15.2. The zero-order chi connectivity index (χ0) is 19.0. The molecule has 1 aromatic heterocycles. The van der Waals surface area contributed by atoms with E-state index in [2.05, 4.69) is 69.5 Å². The van der Waals surface area contributed by atoms with Gasteiger partial charge >= 0.3 is 0 Å². The van der Waals surface area contributed by atoms with Crippen LogP contribution in [0.5, 0.6) is 0 Å². The molecule has 27 heavy (non-hydrogen) atoms. The molecular formula is C19H21BrN4OS2. The lowest BCUT2D eigenvalue weighted by Gasteiger charge is -2.39. The van der Waals surface area contributed by atoms with Crippen molar-refractivity contribution in [1.82, 2.24) is 10.3 Å². The standard InChI is InChI=1S/C19H21BrN4OS2/c1-12(2)7-9-23-17(25)16-15(8-10-26-16)24-18(23)21-22-19(24)27-11-13-3-5-14(20)6-4-13/h3-6,8,10,12,18,21H,7,9,11H2,1-2H3. The number of hydrazone groups is 1. The Morgan fingerprint density at radius 1 is 1.30 bits per heavy atom. The third-order valence-electron chi connectivity index (χ3n) is 4.61. The van der Waals surface area contributed by atoms with Crippen molar-refractivity contribution in [3.05, 3.63) is 50.6 Å². The van der Waals surface area contributed by atoms with Crippen LogP contribution in [-0.2, 0) is 5.75 Å². The van der Waals surface area contributed by atoms with Crippen LogP contribution in [0.25, 0.3) is 0 Å². The molecule has 2 aliphatic heterocycles. The molecule has 1 amide bonds. The molecule has 0 fully saturated rings. The van der Waals surface area contributed by atoms with Gasteiger partial charge in [-0.05, 0) is 41.5 Å². The molecule has 0 bridgehead atoms. The van der Waals surface area contributed by atoms with Gasteiger partial charge in [-0.25, -0.2) is 0 Å². The van der Waals surface area contributed by atoms with Gasteiger partial charge in [-0.3, -0.25) is 20.0 Å². The van der Waals surface area contributed by atoms with E-state index >= 15 is 0 Å². The molecule has 142 valence electrons. The molecule has 1 atom stereocenters. The SMILES string of the molecule is CC(C)CCN1C(=O)c2sccc2N2C(SCc3ccc(Br)cc3)=NNC12. The number of hydrogen-bond acceptors (Lipinski definition) is 6. The first-order valence-corrected chi connectivity index (χ1v) is 11.6. The van der Waals surface area contributed by atoms with Crippen LogP contribution in [0.1, 0.15) is 35.5 Å². The Kier molecular flexibility index (Phi) is 5.48. The van der Waals surface area contributed by atoms with E-state index in [0.29, 0.717) is 5.92 Å². The smallest absolute Gasteiger partial charge is 0.269 e. The van der Waals surface area contributed by atoms with E-state index in [4.69, 9.17) is 0 Å². The maximum atomic E-state index is 13.0. The van der Waals surface area contributed by atoms with E-state index in [9.17, 15) is 4.79 Å². The van der Waals surface area contributed by atoms with Crippen LogP contribution in [0.4, 0.5) is 5.69 Å². The number of amidine groups is 1. The van der Waals surface area contributed by atoms with E-state index in [-0.39, 0.29) is 12.2 Å². The normalized spacial score (nSPS) is 18.4. The number of thioether (sulfide) groups is 1. The highest BCUT2D eigenvalue weighted by Crippen LogP contribution is 2.38. The first-order chi connectivity index (χ1) is 13.0. The number of carbonyl (C=O) groups excluding carboxylic acids is 1. The van der Waals surface area contributed by atoms with Gasteiger partial charge in [-0.2, -0.15) is 5.10 Å². The number of amides is 1. The van der Waals surface area contributed by atoms with E-state index in [1.165, 1.54) is 16.9 Å². The maximum Gasteiger partial charge on any atom is 0.269 e. The summed E-state index contributed by atoms with van der Waals surface area (Å²) in [5.74, 6) is 1.48. The van der Waals surface area contributed by atoms with Crippen molar-refractivity contribution in [2.24, 2.45) is 11.0 Å². The molecule has 1 N–H and O–H groups in total. The van der Waals surface area contributed by atoms with Gasteiger partial charge in [0, 0.05) is 16.8 Å². The molecule has 1 unspecified atom stereocenters. The van der Waals surface area contributed by atoms with Gasteiger partial charge in [-0.1, -0.05) is 53.7 Å². The van der Waals surface area contributed by atoms with Crippen LogP contribution in [-0.4, -0.2) is 28.8 Å². The lowest BCUT2D eigenvalue weighted by Crippen LogP contribution is -2.58. The van der Waals surface area contributed by atoms with Gasteiger partial charge < -0.3 is 0 Å². The van der Waals surface area contributed by atoms with Crippen molar-refractivity contribution >= 4 is 55.8 Å². The molecule has 0 spiro atoms. The summed E-state index contributed by atoms with van der Waals surface area (Å²) in [6.07, 6.45) is 0.741. The number of nitrogens with one attached hydrogen (secondary N) is 1. The number of anilines is 1. The van der Waals surface area contributed by atoms with Crippen molar-refractivity contribution < 1.29 is 4.79 Å². The topological polar surface area (TPSA) is 47.9 Å². The Balaban J connectivity index is 1.54. The van der Waals surface area contributed by atoms with E-state index < -0.39 is 0 Å². The number of rotatable bonds is 5. The maximum absolute atomic E-state index is 13.0. The molecule has 8 heteroatoms. The minimum Gasteiger partial charge on any atom is -0.298 e. The summed E-state index contributed by atoms with van der Waals surface area (Å²) in [5.41, 5.74) is 5.39. The van der Waals surface area contributed by atoms with Gasteiger partial charge in [0.2, 0.25) is 6.29 Å². The van der Waals surface area contributed by atoms with Crippen molar-refractivity contribution in [3.63, 3.8) is 0 Å². The van der Waals surface area contributed by atoms with Crippen LogP contribution < -0.4 is 10.3 Å². The largest absolute Gasteiger partial charge is 0.298 e. The molecule has 2 aromatic rings. The molecule has 2 aliphatic rings. The van der Waals surface area contributed by atoms with Crippen molar-refractivity contribution in [1.29, 1.82) is 0 Å². The summed E-state index contributed by atoms with van der Waals surface area (Å²) in [6, 6.07) is 10.4. The number of fused-ring (bicyclic) bond motifs is 3. The summed E-state index contributed by atoms with van der Waals surface area (Å²) in [4.78, 5) is 17.8. The number of carbonyl (C=O) groups is 1. The Hall–Kier alpha value is -1.51. The van der Waals surface area contributed by atoms with E-state index in [1.807, 2.05) is 16.3 Å². The second-order valence-corrected chi connectivity index (χ2v) is 9.77. The lowest BCUT2D eigenvalue weighted by atomic mass is 10.1. The van der Waals surface area contributed by atoms with E-state index in [0.717, 1.165) is 38.9 Å². The third-order valence-corrected chi connectivity index (χ3v) is 7.05. The molecule has 0 saturated carbocycles. The Morgan fingerprint density at radius 2 is 2.07 bits per heavy atom. The number of hydrogen-bond donors (Lipinski definition) is 1. The van der Waals surface area contributed by atoms with Gasteiger partial charge in [0.15, 0.2) is 5.17 Å². The zero-order valence-corrected chi connectivity index (χ0v) is 18.4. The molecule has 4 rings (SSSR count). The second-order valence-electron chi connectivity index (χ2n) is 7.00. The molecule has 5 nitrogen and oxygen atoms in total. The number of halogens is 1. The lowest BCUT2D eigenvalue weighted by molar-refractivity contribution is 0.0637. The van der Waals surface area contributed by atoms with Crippen LogP contribution in [0, 0.1) is 5.92 Å². The monoisotopic (exact) mass is 464 g/mol. The first-order valence-electron chi connectivity index (χ1n) is 8.92. The minimum atomic E-state index is -0.231. The molecule has 0 saturated heterocycles. The van der Waals surface area contributed by atoms with Gasteiger partial charge in [0.25, 0.3) is 5.91 Å². The fourth-order valence-corrected chi connectivity index (χ4v) is 5.16. The van der Waals surface area contributed by atoms with Crippen LogP contribution >= 0.6 is 39.0 Å². The second kappa shape index (κ2) is 7.85. The Morgan fingerprint density at radius 3 is 2.81 bits per heavy atom. The summed E-state index contributed by atoms with van der Waals surface area (Å²) < 4.78 is 1.08. The first kappa shape index (κ1) is 18.8. The van der Waals surface area contributed by atoms with Crippen LogP contribution in [0.3, 0.4) is 0 Å². The average molecular weight is 465 g/mol. The fraction of sp³-hybridized carbons (Fsp3) is 0.368. The molecule has 1 aromatic carbocycles. The van der Waals surface area contributed by atoms with Crippen molar-refractivity contribution in [2.75, 3.05) is 11.4 Å². The summed E-state index contributed by atoms with van der Waals surface area (Å²) >= 11 is 6.67. The Bertz CT molecular complexity index is 865. The van der Waals surface area contributed by atoms with Gasteiger partial charge in [-0.15, -0.1) is 11.3 Å². The van der Waals surface area contributed by atoms with Gasteiger partial charge in [0.05, 0.1) is 5.69 Å². The molecule has 0 aliphatic carbocycles. The van der Waals surface area contributed by atoms with Crippen molar-refractivity contribution in [3.8, 4) is 0 Å². The highest BCUT2D eigenvalue weighted by atomic mass is 79.9. The highest BCUT2D eigenvalue weighted by Gasteiger charge is 2.43. The molecular weight excluding hydrogens is 444 g/mol. The predicted octanol–water partition coefficient (Wildman–Crippen LogP) is 4.91. The summed E-state index contributed by atoms with van der Waals surface area (Å²) in [7, 11) is 0. The fourth-order valence-electron chi connectivity index (χ4n) is 3.12. The third kappa shape index (κ3) is 3.75. The predicted molar refractivity (Wildman–Crippen MR) is 117 cm³/mol. The minimum absolute atomic E-state index is 0.101.